The zero-order chi connectivity index (χ0) is 14.3. The van der Waals surface area contributed by atoms with E-state index in [0.717, 1.165) is 29.9 Å². The molecule has 0 spiro atoms. The highest BCUT2D eigenvalue weighted by Gasteiger charge is 2.37. The van der Waals surface area contributed by atoms with Crippen molar-refractivity contribution >= 4 is 11.6 Å². The molecule has 2 bridgehead atoms. The average Bonchev–Trinajstić information content (AvgIpc) is 2.86. The normalized spacial score (nSPS) is 28.0. The summed E-state index contributed by atoms with van der Waals surface area (Å²) in [6.07, 6.45) is 4.91. The first kappa shape index (κ1) is 14.4. The van der Waals surface area contributed by atoms with Gasteiger partial charge in [0.15, 0.2) is 0 Å². The van der Waals surface area contributed by atoms with Crippen molar-refractivity contribution in [2.75, 3.05) is 20.1 Å². The Labute approximate surface area is 126 Å². The Morgan fingerprint density at radius 2 is 1.95 bits per heavy atom. The Hall–Kier alpha value is -0.580. The Morgan fingerprint density at radius 1 is 1.20 bits per heavy atom. The second kappa shape index (κ2) is 5.66. The lowest BCUT2D eigenvalue weighted by Gasteiger charge is -2.28. The second-order valence-electron chi connectivity index (χ2n) is 6.30. The summed E-state index contributed by atoms with van der Waals surface area (Å²) in [4.78, 5) is 5.16. The Morgan fingerprint density at radius 3 is 2.70 bits per heavy atom. The van der Waals surface area contributed by atoms with Crippen LogP contribution in [0.2, 0.25) is 5.15 Å². The molecule has 0 N–H and O–H groups in total. The third kappa shape index (κ3) is 2.49. The fourth-order valence-corrected chi connectivity index (χ4v) is 4.03. The largest absolute Gasteiger partial charge is 0.305 e. The number of hydrogen-bond donors (Lipinski definition) is 0. The molecule has 1 aromatic rings. The number of aromatic nitrogens is 2. The number of hydrogen-bond acceptors (Lipinski definition) is 3. The zero-order valence-electron chi connectivity index (χ0n) is 12.8. The van der Waals surface area contributed by atoms with Crippen molar-refractivity contribution in [3.8, 4) is 0 Å². The number of likely N-dealkylation sites (tertiary alicyclic amines) is 1. The van der Waals surface area contributed by atoms with Gasteiger partial charge >= 0.3 is 0 Å². The molecule has 2 saturated heterocycles. The molecule has 112 valence electrons. The topological polar surface area (TPSA) is 24.3 Å². The summed E-state index contributed by atoms with van der Waals surface area (Å²) in [6.45, 7) is 5.54. The molecule has 0 unspecified atom stereocenters. The van der Waals surface area contributed by atoms with E-state index in [1.54, 1.807) is 0 Å². The summed E-state index contributed by atoms with van der Waals surface area (Å²) in [5.74, 6) is 0. The van der Waals surface area contributed by atoms with E-state index >= 15 is 0 Å². The molecule has 0 saturated carbocycles. The van der Waals surface area contributed by atoms with Crippen LogP contribution in [0, 0.1) is 0 Å². The van der Waals surface area contributed by atoms with Crippen LogP contribution in [0.3, 0.4) is 0 Å². The molecule has 0 radical (unpaired) electrons. The molecule has 2 fully saturated rings. The van der Waals surface area contributed by atoms with Crippen molar-refractivity contribution in [3.63, 3.8) is 0 Å². The van der Waals surface area contributed by atoms with Crippen molar-refractivity contribution in [2.45, 2.75) is 51.2 Å². The van der Waals surface area contributed by atoms with E-state index in [1.165, 1.54) is 37.9 Å². The van der Waals surface area contributed by atoms with E-state index in [1.807, 2.05) is 11.7 Å². The Balaban J connectivity index is 1.84. The maximum absolute atomic E-state index is 6.46. The highest BCUT2D eigenvalue weighted by atomic mass is 35.5. The van der Waals surface area contributed by atoms with Crippen LogP contribution in [0.15, 0.2) is 0 Å². The van der Waals surface area contributed by atoms with Crippen LogP contribution < -0.4 is 0 Å². The third-order valence-corrected chi connectivity index (χ3v) is 5.44. The summed E-state index contributed by atoms with van der Waals surface area (Å²) in [5, 5.41) is 5.37. The SMILES string of the molecule is CCc1nn(C)c(Cl)c1CN1[C@@H]2CC[C@H]1CN(C)CC2. The molecule has 2 atom stereocenters. The predicted molar refractivity (Wildman–Crippen MR) is 82.1 cm³/mol. The molecular weight excluding hydrogens is 272 g/mol. The van der Waals surface area contributed by atoms with Gasteiger partial charge in [-0.2, -0.15) is 5.10 Å². The van der Waals surface area contributed by atoms with Gasteiger partial charge in [0, 0.05) is 37.8 Å². The zero-order valence-corrected chi connectivity index (χ0v) is 13.5. The molecule has 2 aliphatic heterocycles. The van der Waals surface area contributed by atoms with Crippen molar-refractivity contribution in [3.05, 3.63) is 16.4 Å². The molecule has 0 amide bonds. The standard InChI is InChI=1S/C15H25ClN4/c1-4-14-13(15(16)19(3)17-14)10-20-11-5-6-12(20)9-18(2)8-7-11/h11-12H,4-10H2,1-3H3/t11-,12+/m1/s1. The first-order valence-electron chi connectivity index (χ1n) is 7.74. The number of likely N-dealkylation sites (N-methyl/N-ethyl adjacent to an activating group) is 1. The second-order valence-corrected chi connectivity index (χ2v) is 6.66. The Kier molecular flexibility index (Phi) is 4.07. The van der Waals surface area contributed by atoms with Gasteiger partial charge in [0.25, 0.3) is 0 Å². The van der Waals surface area contributed by atoms with Crippen LogP contribution in [-0.4, -0.2) is 51.8 Å². The van der Waals surface area contributed by atoms with Crippen LogP contribution >= 0.6 is 11.6 Å². The highest BCUT2D eigenvalue weighted by molar-refractivity contribution is 6.30. The highest BCUT2D eigenvalue weighted by Crippen LogP contribution is 2.33. The van der Waals surface area contributed by atoms with Gasteiger partial charge in [-0.1, -0.05) is 18.5 Å². The van der Waals surface area contributed by atoms with E-state index in [9.17, 15) is 0 Å². The fourth-order valence-electron chi connectivity index (χ4n) is 3.82. The molecule has 3 heterocycles. The van der Waals surface area contributed by atoms with E-state index in [-0.39, 0.29) is 0 Å². The van der Waals surface area contributed by atoms with Crippen molar-refractivity contribution in [1.29, 1.82) is 0 Å². The van der Waals surface area contributed by atoms with Crippen LogP contribution in [-0.2, 0) is 20.0 Å². The summed E-state index contributed by atoms with van der Waals surface area (Å²) in [6, 6.07) is 1.42. The predicted octanol–water partition coefficient (Wildman–Crippen LogP) is 2.30. The average molecular weight is 297 g/mol. The van der Waals surface area contributed by atoms with Crippen molar-refractivity contribution in [2.24, 2.45) is 7.05 Å². The smallest absolute Gasteiger partial charge is 0.131 e. The fraction of sp³-hybridized carbons (Fsp3) is 0.800. The number of aryl methyl sites for hydroxylation is 2. The van der Waals surface area contributed by atoms with Crippen LogP contribution in [0.25, 0.3) is 0 Å². The molecule has 0 aromatic carbocycles. The Bertz CT molecular complexity index is 484. The lowest BCUT2D eigenvalue weighted by molar-refractivity contribution is 0.183. The first-order valence-corrected chi connectivity index (χ1v) is 8.12. The third-order valence-electron chi connectivity index (χ3n) is 4.97. The molecule has 1 aromatic heterocycles. The molecule has 2 aliphatic rings. The van der Waals surface area contributed by atoms with Gasteiger partial charge in [0.2, 0.25) is 0 Å². The van der Waals surface area contributed by atoms with Crippen LogP contribution in [0.5, 0.6) is 0 Å². The maximum Gasteiger partial charge on any atom is 0.131 e. The lowest BCUT2D eigenvalue weighted by Crippen LogP contribution is -2.38. The van der Waals surface area contributed by atoms with Crippen molar-refractivity contribution < 1.29 is 0 Å². The van der Waals surface area contributed by atoms with Crippen LogP contribution in [0.1, 0.15) is 37.4 Å². The lowest BCUT2D eigenvalue weighted by atomic mass is 10.1. The van der Waals surface area contributed by atoms with Gasteiger partial charge in [0.05, 0.1) is 5.69 Å². The van der Waals surface area contributed by atoms with Crippen LogP contribution in [0.4, 0.5) is 0 Å². The van der Waals surface area contributed by atoms with Gasteiger partial charge in [-0.05, 0) is 39.3 Å². The number of fused-ring (bicyclic) bond motifs is 2. The minimum atomic E-state index is 0.688. The van der Waals surface area contributed by atoms with E-state index in [2.05, 4.69) is 28.9 Å². The molecular formula is C15H25ClN4. The van der Waals surface area contributed by atoms with E-state index in [0.29, 0.717) is 6.04 Å². The summed E-state index contributed by atoms with van der Waals surface area (Å²) < 4.78 is 1.82. The van der Waals surface area contributed by atoms with E-state index in [4.69, 9.17) is 11.6 Å². The van der Waals surface area contributed by atoms with Gasteiger partial charge in [-0.25, -0.2) is 0 Å². The first-order chi connectivity index (χ1) is 9.60. The van der Waals surface area contributed by atoms with E-state index < -0.39 is 0 Å². The van der Waals surface area contributed by atoms with Gasteiger partial charge in [-0.3, -0.25) is 9.58 Å². The van der Waals surface area contributed by atoms with Crippen molar-refractivity contribution in [1.82, 2.24) is 19.6 Å². The number of halogens is 1. The molecule has 0 aliphatic carbocycles. The van der Waals surface area contributed by atoms with Gasteiger partial charge < -0.3 is 4.90 Å². The summed E-state index contributed by atoms with van der Waals surface area (Å²) in [5.41, 5.74) is 2.41. The maximum atomic E-state index is 6.46. The molecule has 4 nitrogen and oxygen atoms in total. The minimum absolute atomic E-state index is 0.688. The number of rotatable bonds is 3. The molecule has 5 heteroatoms. The number of nitrogens with zero attached hydrogens (tertiary/aromatic N) is 4. The van der Waals surface area contributed by atoms with Gasteiger partial charge in [0.1, 0.15) is 5.15 Å². The quantitative estimate of drug-likeness (QED) is 0.855. The molecule has 3 rings (SSSR count). The summed E-state index contributed by atoms with van der Waals surface area (Å²) >= 11 is 6.46. The molecule has 20 heavy (non-hydrogen) atoms. The summed E-state index contributed by atoms with van der Waals surface area (Å²) in [7, 11) is 4.18. The van der Waals surface area contributed by atoms with Gasteiger partial charge in [-0.15, -0.1) is 0 Å². The minimum Gasteiger partial charge on any atom is -0.305 e. The monoisotopic (exact) mass is 296 g/mol.